The third-order valence-electron chi connectivity index (χ3n) is 3.81. The summed E-state index contributed by atoms with van der Waals surface area (Å²) in [4.78, 5) is 12.3. The van der Waals surface area contributed by atoms with E-state index < -0.39 is 0 Å². The number of nitrogens with two attached hydrogens (primary N) is 1. The first-order valence-electron chi connectivity index (χ1n) is 6.74. The quantitative estimate of drug-likeness (QED) is 0.853. The highest BCUT2D eigenvalue weighted by molar-refractivity contribution is 6.00. The number of pyridine rings is 1. The van der Waals surface area contributed by atoms with Gasteiger partial charge in [-0.15, -0.1) is 0 Å². The van der Waals surface area contributed by atoms with E-state index in [0.29, 0.717) is 5.56 Å². The fourth-order valence-corrected chi connectivity index (χ4v) is 2.69. The minimum atomic E-state index is -0.0800. The van der Waals surface area contributed by atoms with Crippen molar-refractivity contribution in [3.05, 3.63) is 36.2 Å². The largest absolute Gasteiger partial charge is 0.348 e. The lowest BCUT2D eigenvalue weighted by Crippen LogP contribution is -2.49. The lowest BCUT2D eigenvalue weighted by Gasteiger charge is -2.29. The Labute approximate surface area is 111 Å². The molecular formula is C14H18N4O. The molecule has 5 nitrogen and oxygen atoms in total. The average Bonchev–Trinajstić information content (AvgIpc) is 2.85. The maximum absolute atomic E-state index is 12.3. The molecule has 1 amide bonds. The molecule has 2 heterocycles. The Hall–Kier alpha value is -1.88. The first kappa shape index (κ1) is 12.2. The van der Waals surface area contributed by atoms with Crippen LogP contribution in [0.15, 0.2) is 30.6 Å². The maximum atomic E-state index is 12.3. The standard InChI is InChI=1S/C14H18N4O/c15-11-5-1-2-6-12(11)17-14(19)10-9-16-18-8-4-3-7-13(10)18/h3-4,7-9,11-12H,1-2,5-6,15H2,(H,17,19)/t11-,12-/m1/s1. The summed E-state index contributed by atoms with van der Waals surface area (Å²) < 4.78 is 1.70. The second kappa shape index (κ2) is 5.01. The predicted molar refractivity (Wildman–Crippen MR) is 72.9 cm³/mol. The summed E-state index contributed by atoms with van der Waals surface area (Å²) in [5, 5.41) is 7.22. The van der Waals surface area contributed by atoms with Gasteiger partial charge in [-0.1, -0.05) is 18.9 Å². The number of hydrogen-bond donors (Lipinski definition) is 2. The SMILES string of the molecule is N[C@@H]1CCCC[C@H]1NC(=O)c1cnn2ccccc12. The number of nitrogens with one attached hydrogen (secondary N) is 1. The Morgan fingerprint density at radius 2 is 2.21 bits per heavy atom. The Kier molecular flexibility index (Phi) is 3.21. The van der Waals surface area contributed by atoms with Crippen molar-refractivity contribution >= 4 is 11.4 Å². The zero-order valence-electron chi connectivity index (χ0n) is 10.7. The van der Waals surface area contributed by atoms with Crippen LogP contribution in [0.4, 0.5) is 0 Å². The van der Waals surface area contributed by atoms with E-state index in [0.717, 1.165) is 31.2 Å². The highest BCUT2D eigenvalue weighted by atomic mass is 16.1. The number of rotatable bonds is 2. The fraction of sp³-hybridized carbons (Fsp3) is 0.429. The minimum Gasteiger partial charge on any atom is -0.348 e. The van der Waals surface area contributed by atoms with Gasteiger partial charge in [-0.2, -0.15) is 5.10 Å². The van der Waals surface area contributed by atoms with Crippen molar-refractivity contribution in [3.8, 4) is 0 Å². The van der Waals surface area contributed by atoms with Crippen LogP contribution >= 0.6 is 0 Å². The number of carbonyl (C=O) groups excluding carboxylic acids is 1. The van der Waals surface area contributed by atoms with Crippen molar-refractivity contribution in [1.82, 2.24) is 14.9 Å². The zero-order valence-corrected chi connectivity index (χ0v) is 10.7. The summed E-state index contributed by atoms with van der Waals surface area (Å²) in [6.45, 7) is 0. The van der Waals surface area contributed by atoms with Gasteiger partial charge in [0.25, 0.3) is 5.91 Å². The zero-order chi connectivity index (χ0) is 13.2. The highest BCUT2D eigenvalue weighted by Gasteiger charge is 2.24. The summed E-state index contributed by atoms with van der Waals surface area (Å²) in [7, 11) is 0. The van der Waals surface area contributed by atoms with E-state index >= 15 is 0 Å². The molecule has 19 heavy (non-hydrogen) atoms. The molecule has 1 aliphatic carbocycles. The first-order valence-corrected chi connectivity index (χ1v) is 6.74. The van der Waals surface area contributed by atoms with Crippen molar-refractivity contribution in [2.24, 2.45) is 5.73 Å². The van der Waals surface area contributed by atoms with Gasteiger partial charge >= 0.3 is 0 Å². The highest BCUT2D eigenvalue weighted by Crippen LogP contribution is 2.18. The van der Waals surface area contributed by atoms with Crippen molar-refractivity contribution in [3.63, 3.8) is 0 Å². The van der Waals surface area contributed by atoms with Crippen molar-refractivity contribution in [2.75, 3.05) is 0 Å². The van der Waals surface area contributed by atoms with Gasteiger partial charge in [0.2, 0.25) is 0 Å². The molecule has 0 aromatic carbocycles. The number of amides is 1. The monoisotopic (exact) mass is 258 g/mol. The van der Waals surface area contributed by atoms with Crippen molar-refractivity contribution < 1.29 is 4.79 Å². The molecule has 2 aromatic rings. The lowest BCUT2D eigenvalue weighted by atomic mass is 9.91. The topological polar surface area (TPSA) is 72.4 Å². The van der Waals surface area contributed by atoms with E-state index in [-0.39, 0.29) is 18.0 Å². The van der Waals surface area contributed by atoms with Crippen LogP contribution < -0.4 is 11.1 Å². The molecule has 2 aromatic heterocycles. The fourth-order valence-electron chi connectivity index (χ4n) is 2.69. The van der Waals surface area contributed by atoms with Gasteiger partial charge in [0.1, 0.15) is 0 Å². The molecule has 1 saturated carbocycles. The van der Waals surface area contributed by atoms with Gasteiger partial charge in [0, 0.05) is 18.3 Å². The van der Waals surface area contributed by atoms with Gasteiger partial charge in [-0.3, -0.25) is 4.79 Å². The van der Waals surface area contributed by atoms with Crippen LogP contribution in [0.1, 0.15) is 36.0 Å². The van der Waals surface area contributed by atoms with Crippen LogP contribution in [0.25, 0.3) is 5.52 Å². The number of aromatic nitrogens is 2. The molecule has 3 N–H and O–H groups in total. The molecule has 5 heteroatoms. The molecule has 0 bridgehead atoms. The number of hydrogen-bond acceptors (Lipinski definition) is 3. The summed E-state index contributed by atoms with van der Waals surface area (Å²) in [6, 6.07) is 5.83. The van der Waals surface area contributed by atoms with Crippen LogP contribution in [0.3, 0.4) is 0 Å². The number of nitrogens with zero attached hydrogens (tertiary/aromatic N) is 2. The molecular weight excluding hydrogens is 240 g/mol. The van der Waals surface area contributed by atoms with E-state index in [9.17, 15) is 4.79 Å². The van der Waals surface area contributed by atoms with E-state index in [4.69, 9.17) is 5.73 Å². The molecule has 2 atom stereocenters. The molecule has 1 fully saturated rings. The van der Waals surface area contributed by atoms with E-state index in [1.54, 1.807) is 10.7 Å². The Morgan fingerprint density at radius 3 is 3.05 bits per heavy atom. The summed E-state index contributed by atoms with van der Waals surface area (Å²) >= 11 is 0. The molecule has 0 radical (unpaired) electrons. The van der Waals surface area contributed by atoms with Gasteiger partial charge in [-0.05, 0) is 25.0 Å². The molecule has 0 unspecified atom stereocenters. The van der Waals surface area contributed by atoms with Crippen molar-refractivity contribution in [2.45, 2.75) is 37.8 Å². The molecule has 1 aliphatic rings. The first-order chi connectivity index (χ1) is 9.25. The third-order valence-corrected chi connectivity index (χ3v) is 3.81. The Balaban J connectivity index is 1.80. The molecule has 3 rings (SSSR count). The second-order valence-corrected chi connectivity index (χ2v) is 5.12. The summed E-state index contributed by atoms with van der Waals surface area (Å²) in [5.74, 6) is -0.0800. The maximum Gasteiger partial charge on any atom is 0.255 e. The summed E-state index contributed by atoms with van der Waals surface area (Å²) in [6.07, 6.45) is 7.68. The molecule has 0 spiro atoms. The molecule has 0 saturated heterocycles. The van der Waals surface area contributed by atoms with Crippen LogP contribution in [0.2, 0.25) is 0 Å². The summed E-state index contributed by atoms with van der Waals surface area (Å²) in [5.41, 5.74) is 7.49. The van der Waals surface area contributed by atoms with E-state index in [1.165, 1.54) is 0 Å². The second-order valence-electron chi connectivity index (χ2n) is 5.12. The van der Waals surface area contributed by atoms with Crippen LogP contribution in [0, 0.1) is 0 Å². The lowest BCUT2D eigenvalue weighted by molar-refractivity contribution is 0.0923. The Bertz CT molecular complexity index is 592. The van der Waals surface area contributed by atoms with Crippen molar-refractivity contribution in [1.29, 1.82) is 0 Å². The average molecular weight is 258 g/mol. The van der Waals surface area contributed by atoms with Crippen LogP contribution in [-0.4, -0.2) is 27.6 Å². The smallest absolute Gasteiger partial charge is 0.255 e. The number of carbonyl (C=O) groups is 1. The van der Waals surface area contributed by atoms with Crippen LogP contribution in [0.5, 0.6) is 0 Å². The van der Waals surface area contributed by atoms with Gasteiger partial charge in [0.15, 0.2) is 0 Å². The normalized spacial score (nSPS) is 23.4. The molecule has 0 aliphatic heterocycles. The molecule has 100 valence electrons. The van der Waals surface area contributed by atoms with E-state index in [2.05, 4.69) is 10.4 Å². The number of fused-ring (bicyclic) bond motifs is 1. The van der Waals surface area contributed by atoms with Crippen LogP contribution in [-0.2, 0) is 0 Å². The Morgan fingerprint density at radius 1 is 1.37 bits per heavy atom. The third kappa shape index (κ3) is 2.33. The van der Waals surface area contributed by atoms with Gasteiger partial charge in [0.05, 0.1) is 17.3 Å². The van der Waals surface area contributed by atoms with Gasteiger partial charge in [-0.25, -0.2) is 4.52 Å². The van der Waals surface area contributed by atoms with Gasteiger partial charge < -0.3 is 11.1 Å². The van der Waals surface area contributed by atoms with E-state index in [1.807, 2.05) is 24.4 Å². The minimum absolute atomic E-state index is 0.0690. The predicted octanol–water partition coefficient (Wildman–Crippen LogP) is 1.33.